The van der Waals surface area contributed by atoms with Crippen LogP contribution in [0.1, 0.15) is 45.7 Å². The number of hydrogen-bond acceptors (Lipinski definition) is 2. The van der Waals surface area contributed by atoms with Crippen molar-refractivity contribution in [3.05, 3.63) is 70.8 Å². The summed E-state index contributed by atoms with van der Waals surface area (Å²) in [5.41, 5.74) is 5.80. The molecule has 0 unspecified atom stereocenters. The highest BCUT2D eigenvalue weighted by Crippen LogP contribution is 2.21. The molecule has 0 aliphatic rings. The number of halogens is 2. The highest BCUT2D eigenvalue weighted by atomic mass is 19.1. The van der Waals surface area contributed by atoms with E-state index in [9.17, 15) is 18.4 Å². The lowest BCUT2D eigenvalue weighted by Crippen LogP contribution is -2.29. The molecule has 4 nitrogen and oxygen atoms in total. The van der Waals surface area contributed by atoms with Crippen LogP contribution in [0, 0.1) is 11.6 Å². The fourth-order valence-electron chi connectivity index (χ4n) is 2.21. The van der Waals surface area contributed by atoms with Gasteiger partial charge in [-0.05, 0) is 48.9 Å². The van der Waals surface area contributed by atoms with Crippen molar-refractivity contribution < 1.29 is 18.4 Å². The monoisotopic (exact) mass is 318 g/mol. The molecule has 0 aromatic heterocycles. The van der Waals surface area contributed by atoms with Gasteiger partial charge in [-0.2, -0.15) is 0 Å². The Morgan fingerprint density at radius 1 is 1.09 bits per heavy atom. The van der Waals surface area contributed by atoms with Gasteiger partial charge in [0.05, 0.1) is 6.04 Å². The van der Waals surface area contributed by atoms with Gasteiger partial charge < -0.3 is 11.1 Å². The first-order chi connectivity index (χ1) is 10.9. The first-order valence-corrected chi connectivity index (χ1v) is 7.08. The third-order valence-corrected chi connectivity index (χ3v) is 3.48. The maximum absolute atomic E-state index is 13.8. The van der Waals surface area contributed by atoms with E-state index >= 15 is 0 Å². The lowest BCUT2D eigenvalue weighted by Gasteiger charge is -2.18. The molecule has 0 fully saturated rings. The minimum absolute atomic E-state index is 0.0922. The van der Waals surface area contributed by atoms with Gasteiger partial charge >= 0.3 is 0 Å². The summed E-state index contributed by atoms with van der Waals surface area (Å²) in [6.07, 6.45) is 0.394. The SMILES string of the molecule is CC[C@@H](NC(=O)c1ccc(C(N)=O)cc1)c1cc(F)ccc1F. The van der Waals surface area contributed by atoms with Crippen molar-refractivity contribution in [3.63, 3.8) is 0 Å². The maximum Gasteiger partial charge on any atom is 0.251 e. The molecule has 0 aliphatic carbocycles. The molecule has 0 spiro atoms. The largest absolute Gasteiger partial charge is 0.366 e. The molecule has 23 heavy (non-hydrogen) atoms. The average Bonchev–Trinajstić information content (AvgIpc) is 2.55. The summed E-state index contributed by atoms with van der Waals surface area (Å²) in [6.45, 7) is 1.76. The number of rotatable bonds is 5. The molecule has 0 bridgehead atoms. The maximum atomic E-state index is 13.8. The van der Waals surface area contributed by atoms with Crippen LogP contribution in [-0.2, 0) is 0 Å². The second-order valence-electron chi connectivity index (χ2n) is 5.04. The van der Waals surface area contributed by atoms with Crippen molar-refractivity contribution in [1.29, 1.82) is 0 Å². The fourth-order valence-corrected chi connectivity index (χ4v) is 2.21. The number of carbonyl (C=O) groups excluding carboxylic acids is 2. The van der Waals surface area contributed by atoms with E-state index in [1.165, 1.54) is 24.3 Å². The van der Waals surface area contributed by atoms with E-state index in [4.69, 9.17) is 5.73 Å². The van der Waals surface area contributed by atoms with Crippen molar-refractivity contribution in [2.24, 2.45) is 5.73 Å². The van der Waals surface area contributed by atoms with Crippen LogP contribution in [0.4, 0.5) is 8.78 Å². The second kappa shape index (κ2) is 7.00. The third kappa shape index (κ3) is 3.91. The lowest BCUT2D eigenvalue weighted by molar-refractivity contribution is 0.0932. The summed E-state index contributed by atoms with van der Waals surface area (Å²) in [4.78, 5) is 23.2. The van der Waals surface area contributed by atoms with Gasteiger partial charge in [0, 0.05) is 16.7 Å². The van der Waals surface area contributed by atoms with Crippen LogP contribution in [0.15, 0.2) is 42.5 Å². The Morgan fingerprint density at radius 2 is 1.70 bits per heavy atom. The Balaban J connectivity index is 2.19. The van der Waals surface area contributed by atoms with Crippen molar-refractivity contribution >= 4 is 11.8 Å². The average molecular weight is 318 g/mol. The Bertz CT molecular complexity index is 730. The molecule has 2 amide bonds. The highest BCUT2D eigenvalue weighted by molar-refractivity contribution is 5.97. The van der Waals surface area contributed by atoms with Gasteiger partial charge in [0.1, 0.15) is 11.6 Å². The molecular formula is C17H16F2N2O2. The van der Waals surface area contributed by atoms with Crippen molar-refractivity contribution in [1.82, 2.24) is 5.32 Å². The molecule has 120 valence electrons. The first-order valence-electron chi connectivity index (χ1n) is 7.08. The molecular weight excluding hydrogens is 302 g/mol. The van der Waals surface area contributed by atoms with E-state index in [-0.39, 0.29) is 11.1 Å². The van der Waals surface area contributed by atoms with Gasteiger partial charge in [0.25, 0.3) is 5.91 Å². The van der Waals surface area contributed by atoms with E-state index in [2.05, 4.69) is 5.32 Å². The summed E-state index contributed by atoms with van der Waals surface area (Å²) in [7, 11) is 0. The quantitative estimate of drug-likeness (QED) is 0.889. The zero-order valence-electron chi connectivity index (χ0n) is 12.5. The number of amides is 2. The van der Waals surface area contributed by atoms with E-state index in [0.717, 1.165) is 18.2 Å². The predicted molar refractivity (Wildman–Crippen MR) is 81.8 cm³/mol. The molecule has 0 aliphatic heterocycles. The van der Waals surface area contributed by atoms with Crippen molar-refractivity contribution in [2.75, 3.05) is 0 Å². The smallest absolute Gasteiger partial charge is 0.251 e. The standard InChI is InChI=1S/C17H16F2N2O2/c1-2-15(13-9-12(18)7-8-14(13)19)21-17(23)11-5-3-10(4-6-11)16(20)22/h3-9,15H,2H2,1H3,(H2,20,22)(H,21,23)/t15-/m1/s1. The van der Waals surface area contributed by atoms with Gasteiger partial charge in [0.15, 0.2) is 0 Å². The van der Waals surface area contributed by atoms with E-state index in [0.29, 0.717) is 12.0 Å². The molecule has 0 saturated carbocycles. The number of carbonyl (C=O) groups is 2. The minimum atomic E-state index is -0.658. The van der Waals surface area contributed by atoms with Crippen LogP contribution in [0.5, 0.6) is 0 Å². The van der Waals surface area contributed by atoms with Crippen molar-refractivity contribution in [3.8, 4) is 0 Å². The second-order valence-corrected chi connectivity index (χ2v) is 5.04. The van der Waals surface area contributed by atoms with Crippen molar-refractivity contribution in [2.45, 2.75) is 19.4 Å². The minimum Gasteiger partial charge on any atom is -0.366 e. The van der Waals surface area contributed by atoms with E-state index < -0.39 is 29.5 Å². The first kappa shape index (κ1) is 16.6. The van der Waals surface area contributed by atoms with Crippen LogP contribution in [0.2, 0.25) is 0 Å². The number of hydrogen-bond donors (Lipinski definition) is 2. The summed E-state index contributed by atoms with van der Waals surface area (Å²) >= 11 is 0. The number of primary amides is 1. The highest BCUT2D eigenvalue weighted by Gasteiger charge is 2.18. The summed E-state index contributed by atoms with van der Waals surface area (Å²) in [5, 5.41) is 2.65. The Kier molecular flexibility index (Phi) is 5.05. The Labute approximate surface area is 132 Å². The van der Waals surface area contributed by atoms with Gasteiger partial charge in [-0.15, -0.1) is 0 Å². The molecule has 3 N–H and O–H groups in total. The lowest BCUT2D eigenvalue weighted by atomic mass is 10.0. The predicted octanol–water partition coefficient (Wildman–Crippen LogP) is 2.94. The van der Waals surface area contributed by atoms with Gasteiger partial charge in [-0.25, -0.2) is 8.78 Å². The molecule has 6 heteroatoms. The number of nitrogens with one attached hydrogen (secondary N) is 1. The molecule has 0 heterocycles. The van der Waals surface area contributed by atoms with Gasteiger partial charge in [-0.3, -0.25) is 9.59 Å². The normalized spacial score (nSPS) is 11.8. The van der Waals surface area contributed by atoms with E-state index in [1.54, 1.807) is 6.92 Å². The van der Waals surface area contributed by atoms with Crippen LogP contribution < -0.4 is 11.1 Å². The van der Waals surface area contributed by atoms with Crippen LogP contribution in [0.3, 0.4) is 0 Å². The molecule has 1 atom stereocenters. The fraction of sp³-hybridized carbons (Fsp3) is 0.176. The Morgan fingerprint density at radius 3 is 2.26 bits per heavy atom. The number of benzene rings is 2. The zero-order chi connectivity index (χ0) is 17.0. The summed E-state index contributed by atoms with van der Waals surface area (Å²) in [6, 6.07) is 8.22. The molecule has 2 aromatic rings. The van der Waals surface area contributed by atoms with Gasteiger partial charge in [-0.1, -0.05) is 6.92 Å². The Hall–Kier alpha value is -2.76. The topological polar surface area (TPSA) is 72.2 Å². The van der Waals surface area contributed by atoms with Crippen LogP contribution >= 0.6 is 0 Å². The molecule has 0 saturated heterocycles. The van der Waals surface area contributed by atoms with Gasteiger partial charge in [0.2, 0.25) is 5.91 Å². The molecule has 2 aromatic carbocycles. The zero-order valence-corrected chi connectivity index (χ0v) is 12.5. The summed E-state index contributed by atoms with van der Waals surface area (Å²) in [5.74, 6) is -2.19. The van der Waals surface area contributed by atoms with E-state index in [1.807, 2.05) is 0 Å². The van der Waals surface area contributed by atoms with Crippen LogP contribution in [0.25, 0.3) is 0 Å². The molecule has 0 radical (unpaired) electrons. The number of nitrogens with two attached hydrogens (primary N) is 1. The van der Waals surface area contributed by atoms with Crippen LogP contribution in [-0.4, -0.2) is 11.8 Å². The molecule has 2 rings (SSSR count). The summed E-state index contributed by atoms with van der Waals surface area (Å²) < 4.78 is 27.1. The third-order valence-electron chi connectivity index (χ3n) is 3.48.